The molecule has 1 aliphatic heterocycles. The number of carbonyl (C=O) groups is 2. The van der Waals surface area contributed by atoms with E-state index in [1.165, 1.54) is 4.90 Å². The van der Waals surface area contributed by atoms with Crippen LogP contribution in [0.25, 0.3) is 6.08 Å². The first kappa shape index (κ1) is 16.8. The molecule has 5 nitrogen and oxygen atoms in total. The van der Waals surface area contributed by atoms with Gasteiger partial charge in [-0.05, 0) is 30.2 Å². The number of amides is 3. The molecule has 1 heterocycles. The van der Waals surface area contributed by atoms with Crippen molar-refractivity contribution in [2.45, 2.75) is 12.5 Å². The summed E-state index contributed by atoms with van der Waals surface area (Å²) < 4.78 is 5.14. The fourth-order valence-corrected chi connectivity index (χ4v) is 2.84. The maximum absolute atomic E-state index is 12.8. The lowest BCUT2D eigenvalue weighted by Crippen LogP contribution is -2.40. The van der Waals surface area contributed by atoms with Gasteiger partial charge in [-0.1, -0.05) is 54.6 Å². The molecule has 1 fully saturated rings. The van der Waals surface area contributed by atoms with Gasteiger partial charge in [-0.2, -0.15) is 0 Å². The van der Waals surface area contributed by atoms with Crippen molar-refractivity contribution >= 4 is 18.0 Å². The van der Waals surface area contributed by atoms with Crippen LogP contribution in [-0.4, -0.2) is 30.5 Å². The number of hydrogen-bond donors (Lipinski definition) is 1. The normalized spacial score (nSPS) is 20.2. The third-order valence-electron chi connectivity index (χ3n) is 4.34. The van der Waals surface area contributed by atoms with Gasteiger partial charge in [0.25, 0.3) is 5.91 Å². The van der Waals surface area contributed by atoms with E-state index in [2.05, 4.69) is 5.32 Å². The molecule has 25 heavy (non-hydrogen) atoms. The van der Waals surface area contributed by atoms with Crippen molar-refractivity contribution in [2.75, 3.05) is 13.7 Å². The number of ether oxygens (including phenoxy) is 1. The Hall–Kier alpha value is -3.08. The number of methoxy groups -OCH3 is 1. The van der Waals surface area contributed by atoms with Gasteiger partial charge in [0.1, 0.15) is 11.3 Å². The second kappa shape index (κ2) is 6.81. The van der Waals surface area contributed by atoms with Gasteiger partial charge in [0.15, 0.2) is 0 Å². The molecule has 0 spiro atoms. The minimum absolute atomic E-state index is 0.227. The van der Waals surface area contributed by atoms with Crippen molar-refractivity contribution in [3.8, 4) is 5.75 Å². The summed E-state index contributed by atoms with van der Waals surface area (Å²) in [6, 6.07) is 16.5. The molecule has 2 aromatic carbocycles. The maximum Gasteiger partial charge on any atom is 0.325 e. The molecular weight excluding hydrogens is 316 g/mol. The summed E-state index contributed by atoms with van der Waals surface area (Å²) in [5, 5.41) is 2.80. The van der Waals surface area contributed by atoms with Gasteiger partial charge in [0.2, 0.25) is 0 Å². The first-order chi connectivity index (χ1) is 12.0. The summed E-state index contributed by atoms with van der Waals surface area (Å²) in [6.07, 6.45) is 3.70. The number of benzene rings is 2. The Morgan fingerprint density at radius 1 is 1.08 bits per heavy atom. The summed E-state index contributed by atoms with van der Waals surface area (Å²) in [5.41, 5.74) is 0.679. The minimum atomic E-state index is -1.07. The second-order valence-corrected chi connectivity index (χ2v) is 6.01. The second-order valence-electron chi connectivity index (χ2n) is 6.01. The molecule has 1 saturated heterocycles. The summed E-state index contributed by atoms with van der Waals surface area (Å²) in [7, 11) is 1.58. The Labute approximate surface area is 146 Å². The quantitative estimate of drug-likeness (QED) is 0.853. The van der Waals surface area contributed by atoms with E-state index in [1.54, 1.807) is 38.3 Å². The predicted octanol–water partition coefficient (Wildman–Crippen LogP) is 3.18. The average molecular weight is 336 g/mol. The number of carbonyl (C=O) groups excluding carboxylic acids is 2. The summed E-state index contributed by atoms with van der Waals surface area (Å²) in [6.45, 7) is 1.95. The van der Waals surface area contributed by atoms with Gasteiger partial charge in [-0.15, -0.1) is 0 Å². The van der Waals surface area contributed by atoms with E-state index in [0.717, 1.165) is 11.1 Å². The molecular formula is C20H20N2O3. The van der Waals surface area contributed by atoms with Crippen LogP contribution >= 0.6 is 0 Å². The molecule has 128 valence electrons. The lowest BCUT2D eigenvalue weighted by atomic mass is 9.92. The molecule has 0 aromatic heterocycles. The summed E-state index contributed by atoms with van der Waals surface area (Å²) >= 11 is 0. The molecule has 0 radical (unpaired) electrons. The van der Waals surface area contributed by atoms with Gasteiger partial charge in [-0.25, -0.2) is 4.79 Å². The SMILES string of the molecule is COc1ccc(C2(C)NC(=O)N(C/C=C/c3ccccc3)C2=O)cc1. The third-order valence-corrected chi connectivity index (χ3v) is 4.34. The van der Waals surface area contributed by atoms with Crippen LogP contribution in [-0.2, 0) is 10.3 Å². The molecule has 0 bridgehead atoms. The summed E-state index contributed by atoms with van der Waals surface area (Å²) in [5.74, 6) is 0.437. The van der Waals surface area contributed by atoms with Gasteiger partial charge >= 0.3 is 6.03 Å². The number of hydrogen-bond acceptors (Lipinski definition) is 3. The minimum Gasteiger partial charge on any atom is -0.497 e. The van der Waals surface area contributed by atoms with Crippen LogP contribution in [0.5, 0.6) is 5.75 Å². The van der Waals surface area contributed by atoms with E-state index in [4.69, 9.17) is 4.74 Å². The number of urea groups is 1. The van der Waals surface area contributed by atoms with Crippen molar-refractivity contribution < 1.29 is 14.3 Å². The Morgan fingerprint density at radius 3 is 2.40 bits per heavy atom. The summed E-state index contributed by atoms with van der Waals surface area (Å²) in [4.78, 5) is 26.3. The van der Waals surface area contributed by atoms with E-state index in [0.29, 0.717) is 5.75 Å². The Kier molecular flexibility index (Phi) is 4.57. The van der Waals surface area contributed by atoms with Crippen LogP contribution in [0.4, 0.5) is 4.79 Å². The predicted molar refractivity (Wildman–Crippen MR) is 96.1 cm³/mol. The first-order valence-electron chi connectivity index (χ1n) is 8.05. The van der Waals surface area contributed by atoms with Crippen LogP contribution in [0.2, 0.25) is 0 Å². The molecule has 1 unspecified atom stereocenters. The van der Waals surface area contributed by atoms with E-state index < -0.39 is 5.54 Å². The number of imide groups is 1. The highest BCUT2D eigenvalue weighted by atomic mass is 16.5. The Balaban J connectivity index is 1.76. The van der Waals surface area contributed by atoms with Crippen LogP contribution < -0.4 is 10.1 Å². The third kappa shape index (κ3) is 3.26. The Bertz CT molecular complexity index is 799. The van der Waals surface area contributed by atoms with E-state index in [-0.39, 0.29) is 18.5 Å². The molecule has 1 atom stereocenters. The van der Waals surface area contributed by atoms with Gasteiger partial charge < -0.3 is 10.1 Å². The van der Waals surface area contributed by atoms with Crippen molar-refractivity contribution in [1.29, 1.82) is 0 Å². The lowest BCUT2D eigenvalue weighted by molar-refractivity contribution is -0.130. The highest BCUT2D eigenvalue weighted by molar-refractivity contribution is 6.07. The van der Waals surface area contributed by atoms with Gasteiger partial charge in [-0.3, -0.25) is 9.69 Å². The van der Waals surface area contributed by atoms with Crippen molar-refractivity contribution in [2.24, 2.45) is 0 Å². The molecule has 5 heteroatoms. The average Bonchev–Trinajstić information content (AvgIpc) is 2.86. The fourth-order valence-electron chi connectivity index (χ4n) is 2.84. The van der Waals surface area contributed by atoms with Crippen LogP contribution in [0, 0.1) is 0 Å². The van der Waals surface area contributed by atoms with Crippen molar-refractivity contribution in [3.05, 3.63) is 71.8 Å². The van der Waals surface area contributed by atoms with Crippen LogP contribution in [0.15, 0.2) is 60.7 Å². The molecule has 0 aliphatic carbocycles. The molecule has 2 aromatic rings. The number of nitrogens with zero attached hydrogens (tertiary/aromatic N) is 1. The highest BCUT2D eigenvalue weighted by Gasteiger charge is 2.48. The molecule has 3 amide bonds. The molecule has 1 aliphatic rings. The fraction of sp³-hybridized carbons (Fsp3) is 0.200. The zero-order valence-electron chi connectivity index (χ0n) is 14.2. The largest absolute Gasteiger partial charge is 0.497 e. The zero-order valence-corrected chi connectivity index (χ0v) is 14.2. The standard InChI is InChI=1S/C20H20N2O3/c1-20(16-10-12-17(25-2)13-11-16)18(23)22(19(24)21-20)14-6-9-15-7-4-3-5-8-15/h3-13H,14H2,1-2H3,(H,21,24)/b9-6+. The van der Waals surface area contributed by atoms with Crippen LogP contribution in [0.1, 0.15) is 18.1 Å². The number of nitrogens with one attached hydrogen (secondary N) is 1. The molecule has 0 saturated carbocycles. The van der Waals surface area contributed by atoms with Crippen LogP contribution in [0.3, 0.4) is 0 Å². The van der Waals surface area contributed by atoms with E-state index in [1.807, 2.05) is 42.5 Å². The molecule has 3 rings (SSSR count). The Morgan fingerprint density at radius 2 is 1.76 bits per heavy atom. The number of rotatable bonds is 5. The maximum atomic E-state index is 12.8. The van der Waals surface area contributed by atoms with Crippen molar-refractivity contribution in [1.82, 2.24) is 10.2 Å². The van der Waals surface area contributed by atoms with Gasteiger partial charge in [0, 0.05) is 6.54 Å². The topological polar surface area (TPSA) is 58.6 Å². The smallest absolute Gasteiger partial charge is 0.325 e. The van der Waals surface area contributed by atoms with Crippen molar-refractivity contribution in [3.63, 3.8) is 0 Å². The van der Waals surface area contributed by atoms with Gasteiger partial charge in [0.05, 0.1) is 7.11 Å². The molecule has 1 N–H and O–H groups in total. The van der Waals surface area contributed by atoms with E-state index in [9.17, 15) is 9.59 Å². The lowest BCUT2D eigenvalue weighted by Gasteiger charge is -2.22. The highest BCUT2D eigenvalue weighted by Crippen LogP contribution is 2.29. The zero-order chi connectivity index (χ0) is 17.9. The van der Waals surface area contributed by atoms with E-state index >= 15 is 0 Å². The monoisotopic (exact) mass is 336 g/mol. The first-order valence-corrected chi connectivity index (χ1v) is 8.05.